The van der Waals surface area contributed by atoms with Gasteiger partial charge in [0.2, 0.25) is 0 Å². The second-order valence-corrected chi connectivity index (χ2v) is 4.58. The second-order valence-electron chi connectivity index (χ2n) is 4.58. The minimum absolute atomic E-state index is 0.257. The molecule has 2 heteroatoms. The summed E-state index contributed by atoms with van der Waals surface area (Å²) in [6, 6.07) is 0.257. The van der Waals surface area contributed by atoms with Crippen LogP contribution in [0.1, 0.15) is 39.0 Å². The van der Waals surface area contributed by atoms with Crippen LogP contribution >= 0.6 is 0 Å². The maximum Gasteiger partial charge on any atom is 0.0593 e. The van der Waals surface area contributed by atoms with Crippen molar-refractivity contribution < 1.29 is 4.74 Å². The van der Waals surface area contributed by atoms with Gasteiger partial charge in [0.15, 0.2) is 0 Å². The van der Waals surface area contributed by atoms with Crippen molar-refractivity contribution in [1.29, 1.82) is 0 Å². The van der Waals surface area contributed by atoms with Crippen LogP contribution in [0.5, 0.6) is 0 Å². The summed E-state index contributed by atoms with van der Waals surface area (Å²) >= 11 is 0. The quantitative estimate of drug-likeness (QED) is 0.686. The van der Waals surface area contributed by atoms with Gasteiger partial charge in [0.1, 0.15) is 0 Å². The summed E-state index contributed by atoms with van der Waals surface area (Å²) in [7, 11) is 0. The summed E-state index contributed by atoms with van der Waals surface area (Å²) in [4.78, 5) is 0. The first kappa shape index (κ1) is 10.2. The van der Waals surface area contributed by atoms with E-state index in [1.807, 2.05) is 0 Å². The first-order valence-corrected chi connectivity index (χ1v) is 5.85. The molecule has 0 aromatic carbocycles. The predicted octanol–water partition coefficient (Wildman–Crippen LogP) is 2.24. The molecule has 1 heterocycles. The average Bonchev–Trinajstić information content (AvgIpc) is 2.65. The largest absolute Gasteiger partial charge is 0.378 e. The number of ether oxygens (including phenoxy) is 1. The van der Waals surface area contributed by atoms with E-state index in [1.54, 1.807) is 0 Å². The maximum atomic E-state index is 6.30. The van der Waals surface area contributed by atoms with Crippen molar-refractivity contribution in [2.45, 2.75) is 51.2 Å². The van der Waals surface area contributed by atoms with Crippen LogP contribution in [0.2, 0.25) is 0 Å². The molecule has 80 valence electrons. The predicted molar refractivity (Wildman–Crippen MR) is 58.0 cm³/mol. The third kappa shape index (κ3) is 2.01. The van der Waals surface area contributed by atoms with Gasteiger partial charge in [0, 0.05) is 18.6 Å². The second kappa shape index (κ2) is 4.45. The number of nitrogens with two attached hydrogens (primary N) is 1. The Morgan fingerprint density at radius 1 is 1.50 bits per heavy atom. The Balaban J connectivity index is 1.99. The fourth-order valence-electron chi connectivity index (χ4n) is 2.66. The molecule has 3 atom stereocenters. The van der Waals surface area contributed by atoms with Crippen LogP contribution in [0, 0.1) is 5.92 Å². The molecule has 0 spiro atoms. The lowest BCUT2D eigenvalue weighted by molar-refractivity contribution is 0.102. The highest BCUT2D eigenvalue weighted by Crippen LogP contribution is 2.30. The molecule has 1 saturated heterocycles. The van der Waals surface area contributed by atoms with Crippen molar-refractivity contribution >= 4 is 0 Å². The third-order valence-electron chi connectivity index (χ3n) is 3.65. The van der Waals surface area contributed by atoms with Gasteiger partial charge in [-0.05, 0) is 39.0 Å². The van der Waals surface area contributed by atoms with Crippen LogP contribution in [0.3, 0.4) is 0 Å². The molecule has 0 aromatic heterocycles. The van der Waals surface area contributed by atoms with Gasteiger partial charge >= 0.3 is 0 Å². The van der Waals surface area contributed by atoms with Crippen LogP contribution in [0.15, 0.2) is 11.6 Å². The summed E-state index contributed by atoms with van der Waals surface area (Å²) < 4.78 is 5.57. The molecular formula is C12H21NO. The first-order chi connectivity index (χ1) is 6.79. The number of allylic oxidation sites excluding steroid dienone is 1. The summed E-state index contributed by atoms with van der Waals surface area (Å²) in [6.45, 7) is 3.05. The zero-order valence-electron chi connectivity index (χ0n) is 9.04. The number of hydrogen-bond donors (Lipinski definition) is 1. The number of hydrogen-bond acceptors (Lipinski definition) is 2. The smallest absolute Gasteiger partial charge is 0.0593 e. The van der Waals surface area contributed by atoms with Crippen molar-refractivity contribution in [2.75, 3.05) is 6.61 Å². The molecule has 0 radical (unpaired) electrons. The standard InChI is InChI=1S/C12H21NO/c1-9-11(7-8-14-9)12(13)10-5-3-2-4-6-10/h5,9,11-12H,2-4,6-8,13H2,1H3. The summed E-state index contributed by atoms with van der Waals surface area (Å²) in [5, 5.41) is 0. The van der Waals surface area contributed by atoms with Crippen molar-refractivity contribution in [3.8, 4) is 0 Å². The fourth-order valence-corrected chi connectivity index (χ4v) is 2.66. The molecule has 0 bridgehead atoms. The van der Waals surface area contributed by atoms with Crippen LogP contribution in [-0.4, -0.2) is 18.8 Å². The van der Waals surface area contributed by atoms with Gasteiger partial charge in [-0.1, -0.05) is 11.6 Å². The Morgan fingerprint density at radius 2 is 2.36 bits per heavy atom. The molecule has 1 aliphatic heterocycles. The highest BCUT2D eigenvalue weighted by atomic mass is 16.5. The normalized spacial score (nSPS) is 35.4. The lowest BCUT2D eigenvalue weighted by Crippen LogP contribution is -2.36. The van der Waals surface area contributed by atoms with E-state index in [1.165, 1.54) is 31.3 Å². The van der Waals surface area contributed by atoms with Crippen molar-refractivity contribution in [3.05, 3.63) is 11.6 Å². The SMILES string of the molecule is CC1OCCC1C(N)C1=CCCCC1. The molecule has 2 nitrogen and oxygen atoms in total. The minimum Gasteiger partial charge on any atom is -0.378 e. The molecule has 2 N–H and O–H groups in total. The van der Waals surface area contributed by atoms with Gasteiger partial charge in [0.05, 0.1) is 6.10 Å². The van der Waals surface area contributed by atoms with Crippen molar-refractivity contribution in [3.63, 3.8) is 0 Å². The van der Waals surface area contributed by atoms with Crippen LogP contribution in [0.25, 0.3) is 0 Å². The average molecular weight is 195 g/mol. The van der Waals surface area contributed by atoms with E-state index in [4.69, 9.17) is 10.5 Å². The van der Waals surface area contributed by atoms with Crippen molar-refractivity contribution in [1.82, 2.24) is 0 Å². The zero-order valence-corrected chi connectivity index (χ0v) is 9.04. The van der Waals surface area contributed by atoms with Crippen LogP contribution in [0.4, 0.5) is 0 Å². The van der Waals surface area contributed by atoms with Crippen molar-refractivity contribution in [2.24, 2.45) is 11.7 Å². The zero-order chi connectivity index (χ0) is 9.97. The van der Waals surface area contributed by atoms with E-state index in [9.17, 15) is 0 Å². The summed E-state index contributed by atoms with van der Waals surface area (Å²) in [5.74, 6) is 0.555. The van der Waals surface area contributed by atoms with E-state index in [0.29, 0.717) is 12.0 Å². The highest BCUT2D eigenvalue weighted by molar-refractivity contribution is 5.15. The van der Waals surface area contributed by atoms with E-state index >= 15 is 0 Å². The molecule has 1 aliphatic carbocycles. The topological polar surface area (TPSA) is 35.2 Å². The molecule has 14 heavy (non-hydrogen) atoms. The van der Waals surface area contributed by atoms with Gasteiger partial charge in [-0.15, -0.1) is 0 Å². The van der Waals surface area contributed by atoms with E-state index < -0.39 is 0 Å². The Labute approximate surface area is 86.5 Å². The molecule has 0 amide bonds. The Morgan fingerprint density at radius 3 is 2.93 bits per heavy atom. The Kier molecular flexibility index (Phi) is 3.24. The molecule has 1 fully saturated rings. The Hall–Kier alpha value is -0.340. The summed E-state index contributed by atoms with van der Waals surface area (Å²) in [5.41, 5.74) is 7.78. The summed E-state index contributed by atoms with van der Waals surface area (Å²) in [6.07, 6.45) is 8.95. The first-order valence-electron chi connectivity index (χ1n) is 5.85. The van der Waals surface area contributed by atoms with E-state index in [-0.39, 0.29) is 6.04 Å². The van der Waals surface area contributed by atoms with Gasteiger partial charge in [0.25, 0.3) is 0 Å². The molecular weight excluding hydrogens is 174 g/mol. The minimum atomic E-state index is 0.257. The molecule has 3 unspecified atom stereocenters. The van der Waals surface area contributed by atoms with Crippen LogP contribution in [-0.2, 0) is 4.74 Å². The fraction of sp³-hybridized carbons (Fsp3) is 0.833. The van der Waals surface area contributed by atoms with E-state index in [2.05, 4.69) is 13.0 Å². The van der Waals surface area contributed by atoms with Gasteiger partial charge in [-0.2, -0.15) is 0 Å². The monoisotopic (exact) mass is 195 g/mol. The molecule has 0 aromatic rings. The van der Waals surface area contributed by atoms with E-state index in [0.717, 1.165) is 13.0 Å². The lowest BCUT2D eigenvalue weighted by atomic mass is 9.84. The maximum absolute atomic E-state index is 6.30. The highest BCUT2D eigenvalue weighted by Gasteiger charge is 2.31. The Bertz CT molecular complexity index is 224. The van der Waals surface area contributed by atoms with Crippen LogP contribution < -0.4 is 5.73 Å². The van der Waals surface area contributed by atoms with Gasteiger partial charge < -0.3 is 10.5 Å². The molecule has 2 aliphatic rings. The van der Waals surface area contributed by atoms with Gasteiger partial charge in [-0.25, -0.2) is 0 Å². The van der Waals surface area contributed by atoms with Gasteiger partial charge in [-0.3, -0.25) is 0 Å². The third-order valence-corrected chi connectivity index (χ3v) is 3.65. The lowest BCUT2D eigenvalue weighted by Gasteiger charge is -2.26. The molecule has 0 saturated carbocycles. The molecule has 2 rings (SSSR count). The number of rotatable bonds is 2.